The van der Waals surface area contributed by atoms with Crippen LogP contribution in [0.4, 0.5) is 0 Å². The van der Waals surface area contributed by atoms with Crippen molar-refractivity contribution >= 4 is 5.91 Å². The SMILES string of the molecule is COc1ccc([C@](C)(O)[C@H]2CCCN2C(=O)c2cn(C)nc2C)cc1. The van der Waals surface area contributed by atoms with Crippen molar-refractivity contribution in [2.24, 2.45) is 7.05 Å². The molecule has 1 amide bonds. The smallest absolute Gasteiger partial charge is 0.257 e. The molecule has 1 fully saturated rings. The van der Waals surface area contributed by atoms with Gasteiger partial charge < -0.3 is 14.7 Å². The van der Waals surface area contributed by atoms with Gasteiger partial charge in [-0.25, -0.2) is 0 Å². The van der Waals surface area contributed by atoms with Crippen LogP contribution in [0.1, 0.15) is 41.4 Å². The van der Waals surface area contributed by atoms with Crippen LogP contribution in [-0.2, 0) is 12.6 Å². The quantitative estimate of drug-likeness (QED) is 0.924. The van der Waals surface area contributed by atoms with Crippen LogP contribution in [0.15, 0.2) is 30.5 Å². The van der Waals surface area contributed by atoms with E-state index in [1.807, 2.05) is 31.2 Å². The zero-order valence-corrected chi connectivity index (χ0v) is 15.2. The van der Waals surface area contributed by atoms with Crippen molar-refractivity contribution in [3.63, 3.8) is 0 Å². The van der Waals surface area contributed by atoms with Gasteiger partial charge in [-0.2, -0.15) is 5.10 Å². The Kier molecular flexibility index (Phi) is 4.56. The van der Waals surface area contributed by atoms with E-state index in [4.69, 9.17) is 4.74 Å². The highest BCUT2D eigenvalue weighted by Crippen LogP contribution is 2.36. The first-order valence-corrected chi connectivity index (χ1v) is 8.52. The van der Waals surface area contributed by atoms with Crippen molar-refractivity contribution in [2.75, 3.05) is 13.7 Å². The molecule has 6 heteroatoms. The van der Waals surface area contributed by atoms with E-state index in [0.717, 1.165) is 24.2 Å². The number of aromatic nitrogens is 2. The number of nitrogens with zero attached hydrogens (tertiary/aromatic N) is 3. The maximum Gasteiger partial charge on any atom is 0.257 e. The number of aryl methyl sites for hydroxylation is 2. The zero-order valence-electron chi connectivity index (χ0n) is 15.2. The highest BCUT2D eigenvalue weighted by atomic mass is 16.5. The van der Waals surface area contributed by atoms with Crippen LogP contribution in [0.3, 0.4) is 0 Å². The van der Waals surface area contributed by atoms with Crippen molar-refractivity contribution in [3.8, 4) is 5.75 Å². The third-order valence-electron chi connectivity index (χ3n) is 5.08. The minimum absolute atomic E-state index is 0.0677. The summed E-state index contributed by atoms with van der Waals surface area (Å²) in [6.45, 7) is 4.26. The molecule has 25 heavy (non-hydrogen) atoms. The van der Waals surface area contributed by atoms with E-state index in [0.29, 0.717) is 17.8 Å². The van der Waals surface area contributed by atoms with Gasteiger partial charge in [-0.1, -0.05) is 12.1 Å². The van der Waals surface area contributed by atoms with Crippen LogP contribution in [0.5, 0.6) is 5.75 Å². The fourth-order valence-corrected chi connectivity index (χ4v) is 3.68. The number of hydrogen-bond acceptors (Lipinski definition) is 4. The second-order valence-electron chi connectivity index (χ2n) is 6.83. The summed E-state index contributed by atoms with van der Waals surface area (Å²) in [6, 6.07) is 7.10. The number of hydrogen-bond donors (Lipinski definition) is 1. The molecule has 3 rings (SSSR count). The first-order chi connectivity index (χ1) is 11.8. The largest absolute Gasteiger partial charge is 0.497 e. The van der Waals surface area contributed by atoms with Gasteiger partial charge in [-0.15, -0.1) is 0 Å². The zero-order chi connectivity index (χ0) is 18.2. The normalized spacial score (nSPS) is 19.7. The van der Waals surface area contributed by atoms with Crippen LogP contribution in [-0.4, -0.2) is 45.4 Å². The summed E-state index contributed by atoms with van der Waals surface area (Å²) in [7, 11) is 3.42. The molecule has 1 aromatic heterocycles. The minimum atomic E-state index is -1.13. The van der Waals surface area contributed by atoms with Crippen molar-refractivity contribution < 1.29 is 14.6 Å². The summed E-state index contributed by atoms with van der Waals surface area (Å²) in [5.41, 5.74) is 0.956. The van der Waals surface area contributed by atoms with Gasteiger partial charge in [0.15, 0.2) is 0 Å². The van der Waals surface area contributed by atoms with E-state index < -0.39 is 5.60 Å². The van der Waals surface area contributed by atoms with E-state index in [1.165, 1.54) is 0 Å². The average molecular weight is 343 g/mol. The van der Waals surface area contributed by atoms with Crippen LogP contribution in [0, 0.1) is 6.92 Å². The van der Waals surface area contributed by atoms with Gasteiger partial charge in [0.1, 0.15) is 11.4 Å². The molecular weight excluding hydrogens is 318 g/mol. The monoisotopic (exact) mass is 343 g/mol. The van der Waals surface area contributed by atoms with E-state index in [2.05, 4.69) is 5.10 Å². The lowest BCUT2D eigenvalue weighted by molar-refractivity contribution is -0.0177. The average Bonchev–Trinajstić information content (AvgIpc) is 3.21. The van der Waals surface area contributed by atoms with Gasteiger partial charge in [0.05, 0.1) is 24.4 Å². The third kappa shape index (κ3) is 3.14. The number of likely N-dealkylation sites (tertiary alicyclic amines) is 1. The van der Waals surface area contributed by atoms with Gasteiger partial charge >= 0.3 is 0 Å². The molecule has 134 valence electrons. The maximum absolute atomic E-state index is 13.0. The Morgan fingerprint density at radius 3 is 2.60 bits per heavy atom. The first kappa shape index (κ1) is 17.5. The van der Waals surface area contributed by atoms with Crippen LogP contribution >= 0.6 is 0 Å². The molecule has 0 bridgehead atoms. The van der Waals surface area contributed by atoms with Gasteiger partial charge in [0.25, 0.3) is 5.91 Å². The van der Waals surface area contributed by atoms with Crippen LogP contribution in [0.2, 0.25) is 0 Å². The molecule has 1 saturated heterocycles. The molecule has 1 N–H and O–H groups in total. The van der Waals surface area contributed by atoms with Crippen molar-refractivity contribution in [3.05, 3.63) is 47.3 Å². The summed E-state index contributed by atoms with van der Waals surface area (Å²) in [5, 5.41) is 15.5. The molecule has 1 aromatic carbocycles. The van der Waals surface area contributed by atoms with Gasteiger partial charge in [0.2, 0.25) is 0 Å². The van der Waals surface area contributed by atoms with Crippen molar-refractivity contribution in [1.82, 2.24) is 14.7 Å². The van der Waals surface area contributed by atoms with Crippen LogP contribution in [0.25, 0.3) is 0 Å². The van der Waals surface area contributed by atoms with Crippen molar-refractivity contribution in [1.29, 1.82) is 0 Å². The predicted octanol–water partition coefficient (Wildman–Crippen LogP) is 2.25. The number of aliphatic hydroxyl groups is 1. The summed E-state index contributed by atoms with van der Waals surface area (Å²) < 4.78 is 6.83. The van der Waals surface area contributed by atoms with E-state index in [9.17, 15) is 9.90 Å². The summed E-state index contributed by atoms with van der Waals surface area (Å²) in [4.78, 5) is 14.8. The number of methoxy groups -OCH3 is 1. The molecular formula is C19H25N3O3. The lowest BCUT2D eigenvalue weighted by Crippen LogP contribution is -2.48. The summed E-state index contributed by atoms with van der Waals surface area (Å²) in [5.74, 6) is 0.673. The Morgan fingerprint density at radius 1 is 1.36 bits per heavy atom. The Hall–Kier alpha value is -2.34. The Balaban J connectivity index is 1.89. The molecule has 1 aliphatic rings. The number of ether oxygens (including phenoxy) is 1. The van der Waals surface area contributed by atoms with Crippen LogP contribution < -0.4 is 4.74 Å². The fraction of sp³-hybridized carbons (Fsp3) is 0.474. The maximum atomic E-state index is 13.0. The second kappa shape index (κ2) is 6.52. The molecule has 2 atom stereocenters. The molecule has 2 heterocycles. The standard InChI is InChI=1S/C19H25N3O3/c1-13-16(12-21(3)20-13)18(23)22-11-5-6-17(22)19(2,24)14-7-9-15(25-4)10-8-14/h7-10,12,17,24H,5-6,11H2,1-4H3/t17-,19+/m1/s1. The summed E-state index contributed by atoms with van der Waals surface area (Å²) >= 11 is 0. The van der Waals surface area contributed by atoms with Gasteiger partial charge in [-0.05, 0) is 44.4 Å². The third-order valence-corrected chi connectivity index (χ3v) is 5.08. The molecule has 0 unspecified atom stereocenters. The lowest BCUT2D eigenvalue weighted by atomic mass is 9.86. The van der Waals surface area contributed by atoms with Crippen molar-refractivity contribution in [2.45, 2.75) is 38.3 Å². The Morgan fingerprint density at radius 2 is 2.04 bits per heavy atom. The van der Waals surface area contributed by atoms with Gasteiger partial charge in [-0.3, -0.25) is 9.48 Å². The van der Waals surface area contributed by atoms with Gasteiger partial charge in [0, 0.05) is 19.8 Å². The second-order valence-corrected chi connectivity index (χ2v) is 6.83. The Labute approximate surface area is 148 Å². The number of carbonyl (C=O) groups excluding carboxylic acids is 1. The van der Waals surface area contributed by atoms with E-state index in [1.54, 1.807) is 36.9 Å². The topological polar surface area (TPSA) is 67.6 Å². The molecule has 2 aromatic rings. The fourth-order valence-electron chi connectivity index (χ4n) is 3.68. The molecule has 6 nitrogen and oxygen atoms in total. The van der Waals surface area contributed by atoms with E-state index >= 15 is 0 Å². The number of benzene rings is 1. The summed E-state index contributed by atoms with van der Waals surface area (Å²) in [6.07, 6.45) is 3.39. The predicted molar refractivity (Wildman–Crippen MR) is 94.6 cm³/mol. The minimum Gasteiger partial charge on any atom is -0.497 e. The van der Waals surface area contributed by atoms with E-state index in [-0.39, 0.29) is 11.9 Å². The molecule has 1 aliphatic heterocycles. The number of amides is 1. The lowest BCUT2D eigenvalue weighted by Gasteiger charge is -2.37. The Bertz CT molecular complexity index is 765. The molecule has 0 spiro atoms. The number of carbonyl (C=O) groups is 1. The molecule has 0 saturated carbocycles. The molecule has 0 radical (unpaired) electrons. The first-order valence-electron chi connectivity index (χ1n) is 8.52. The highest BCUT2D eigenvalue weighted by Gasteiger charge is 2.43. The molecule has 0 aliphatic carbocycles. The highest BCUT2D eigenvalue weighted by molar-refractivity contribution is 5.95. The number of rotatable bonds is 4.